The van der Waals surface area contributed by atoms with Crippen LogP contribution < -0.4 is 5.32 Å². The van der Waals surface area contributed by atoms with Crippen molar-refractivity contribution in [1.82, 2.24) is 9.38 Å². The summed E-state index contributed by atoms with van der Waals surface area (Å²) in [7, 11) is 0. The van der Waals surface area contributed by atoms with Crippen LogP contribution in [-0.4, -0.2) is 15.3 Å². The fraction of sp³-hybridized carbons (Fsp3) is 0.125. The second kappa shape index (κ2) is 5.01. The van der Waals surface area contributed by atoms with E-state index in [9.17, 15) is 9.18 Å². The first-order chi connectivity index (χ1) is 10.0. The second-order valence-electron chi connectivity index (χ2n) is 5.07. The third-order valence-electron chi connectivity index (χ3n) is 3.13. The fourth-order valence-corrected chi connectivity index (χ4v) is 2.32. The predicted molar refractivity (Wildman–Crippen MR) is 79.0 cm³/mol. The van der Waals surface area contributed by atoms with Gasteiger partial charge in [0.05, 0.1) is 0 Å². The zero-order valence-corrected chi connectivity index (χ0v) is 11.7. The van der Waals surface area contributed by atoms with Crippen molar-refractivity contribution in [1.29, 1.82) is 0 Å². The van der Waals surface area contributed by atoms with E-state index < -0.39 is 0 Å². The lowest BCUT2D eigenvalue weighted by Crippen LogP contribution is -2.12. The lowest BCUT2D eigenvalue weighted by Gasteiger charge is -2.05. The van der Waals surface area contributed by atoms with Crippen LogP contribution in [0.15, 0.2) is 42.7 Å². The molecule has 5 heteroatoms. The molecular formula is C16H14FN3O. The number of fused-ring (bicyclic) bond motifs is 1. The molecule has 21 heavy (non-hydrogen) atoms. The van der Waals surface area contributed by atoms with E-state index in [0.29, 0.717) is 5.65 Å². The summed E-state index contributed by atoms with van der Waals surface area (Å²) in [5.74, 6) is -0.690. The molecule has 0 aliphatic rings. The van der Waals surface area contributed by atoms with Gasteiger partial charge in [-0.05, 0) is 49.2 Å². The molecule has 0 aliphatic heterocycles. The Kier molecular flexibility index (Phi) is 3.17. The van der Waals surface area contributed by atoms with Gasteiger partial charge in [0.25, 0.3) is 5.91 Å². The second-order valence-corrected chi connectivity index (χ2v) is 5.07. The van der Waals surface area contributed by atoms with Gasteiger partial charge in [0.15, 0.2) is 0 Å². The lowest BCUT2D eigenvalue weighted by atomic mass is 10.1. The molecular weight excluding hydrogens is 269 g/mol. The molecule has 1 amide bonds. The quantitative estimate of drug-likeness (QED) is 0.784. The van der Waals surface area contributed by atoms with Crippen LogP contribution in [0.3, 0.4) is 0 Å². The molecule has 2 heterocycles. The molecule has 106 valence electrons. The van der Waals surface area contributed by atoms with Crippen molar-refractivity contribution in [3.63, 3.8) is 0 Å². The van der Waals surface area contributed by atoms with Crippen LogP contribution in [0.2, 0.25) is 0 Å². The van der Waals surface area contributed by atoms with E-state index in [1.807, 2.05) is 32.0 Å². The summed E-state index contributed by atoms with van der Waals surface area (Å²) in [5.41, 5.74) is 3.65. The van der Waals surface area contributed by atoms with Crippen molar-refractivity contribution in [2.75, 3.05) is 5.32 Å². The van der Waals surface area contributed by atoms with E-state index in [2.05, 4.69) is 10.3 Å². The molecule has 0 bridgehead atoms. The molecule has 0 atom stereocenters. The van der Waals surface area contributed by atoms with Crippen molar-refractivity contribution >= 4 is 17.2 Å². The van der Waals surface area contributed by atoms with Crippen molar-refractivity contribution in [3.8, 4) is 0 Å². The lowest BCUT2D eigenvalue weighted by molar-refractivity contribution is 0.102. The number of anilines is 1. The highest BCUT2D eigenvalue weighted by Gasteiger charge is 2.11. The largest absolute Gasteiger partial charge is 0.321 e. The minimum Gasteiger partial charge on any atom is -0.321 e. The summed E-state index contributed by atoms with van der Waals surface area (Å²) >= 11 is 0. The van der Waals surface area contributed by atoms with Crippen LogP contribution in [0.25, 0.3) is 5.65 Å². The van der Waals surface area contributed by atoms with Gasteiger partial charge in [-0.3, -0.25) is 4.79 Å². The topological polar surface area (TPSA) is 46.4 Å². The molecule has 4 nitrogen and oxygen atoms in total. The Morgan fingerprint density at radius 3 is 2.57 bits per heavy atom. The van der Waals surface area contributed by atoms with Crippen LogP contribution in [-0.2, 0) is 0 Å². The molecule has 0 aliphatic carbocycles. The Morgan fingerprint density at radius 2 is 1.86 bits per heavy atom. The van der Waals surface area contributed by atoms with Crippen molar-refractivity contribution in [2.24, 2.45) is 0 Å². The van der Waals surface area contributed by atoms with Gasteiger partial charge in [0.1, 0.15) is 17.2 Å². The number of nitrogens with zero attached hydrogens (tertiary/aromatic N) is 2. The van der Waals surface area contributed by atoms with Gasteiger partial charge in [-0.25, -0.2) is 9.37 Å². The number of carbonyl (C=O) groups excluding carboxylic acids is 1. The Bertz CT molecular complexity index is 818. The highest BCUT2D eigenvalue weighted by molar-refractivity contribution is 6.03. The molecule has 0 unspecified atom stereocenters. The number of carbonyl (C=O) groups is 1. The molecule has 1 aromatic carbocycles. The van der Waals surface area contributed by atoms with E-state index in [4.69, 9.17) is 0 Å². The third-order valence-corrected chi connectivity index (χ3v) is 3.13. The van der Waals surface area contributed by atoms with Gasteiger partial charge in [0.2, 0.25) is 0 Å². The summed E-state index contributed by atoms with van der Waals surface area (Å²) in [5, 5.41) is 2.81. The zero-order valence-electron chi connectivity index (χ0n) is 11.7. The first-order valence-electron chi connectivity index (χ1n) is 6.55. The van der Waals surface area contributed by atoms with Gasteiger partial charge in [0, 0.05) is 18.1 Å². The Morgan fingerprint density at radius 1 is 1.14 bits per heavy atom. The molecule has 1 N–H and O–H groups in total. The maximum absolute atomic E-state index is 13.1. The summed E-state index contributed by atoms with van der Waals surface area (Å²) in [6.45, 7) is 3.94. The molecule has 2 aromatic heterocycles. The van der Waals surface area contributed by atoms with E-state index in [1.54, 1.807) is 0 Å². The van der Waals surface area contributed by atoms with Crippen LogP contribution >= 0.6 is 0 Å². The third kappa shape index (κ3) is 2.76. The molecule has 0 saturated carbocycles. The van der Waals surface area contributed by atoms with Crippen LogP contribution in [0.5, 0.6) is 0 Å². The average Bonchev–Trinajstić information content (AvgIpc) is 2.80. The average molecular weight is 283 g/mol. The number of hydrogen-bond acceptors (Lipinski definition) is 2. The number of pyridine rings is 1. The molecule has 0 fully saturated rings. The minimum absolute atomic E-state index is 0.250. The number of imidazole rings is 1. The Labute approximate surface area is 121 Å². The fourth-order valence-electron chi connectivity index (χ4n) is 2.32. The number of halogens is 1. The van der Waals surface area contributed by atoms with Crippen molar-refractivity contribution in [2.45, 2.75) is 13.8 Å². The van der Waals surface area contributed by atoms with Crippen molar-refractivity contribution in [3.05, 3.63) is 65.4 Å². The van der Waals surface area contributed by atoms with Gasteiger partial charge < -0.3 is 9.72 Å². The van der Waals surface area contributed by atoms with Gasteiger partial charge in [-0.15, -0.1) is 0 Å². The number of amides is 1. The van der Waals surface area contributed by atoms with Crippen LogP contribution in [0, 0.1) is 19.7 Å². The van der Waals surface area contributed by atoms with Gasteiger partial charge in [-0.2, -0.15) is 0 Å². The monoisotopic (exact) mass is 283 g/mol. The first kappa shape index (κ1) is 13.3. The molecule has 3 aromatic rings. The van der Waals surface area contributed by atoms with Gasteiger partial charge >= 0.3 is 0 Å². The number of aryl methyl sites for hydroxylation is 2. The number of hydrogen-bond donors (Lipinski definition) is 1. The SMILES string of the molecule is Cc1cc(C)cc(NC(=O)c2cn3cc(F)ccc3n2)c1. The summed E-state index contributed by atoms with van der Waals surface area (Å²) in [6, 6.07) is 8.65. The minimum atomic E-state index is -0.374. The summed E-state index contributed by atoms with van der Waals surface area (Å²) in [4.78, 5) is 16.4. The van der Waals surface area contributed by atoms with E-state index in [1.165, 1.54) is 28.9 Å². The number of rotatable bonds is 2. The van der Waals surface area contributed by atoms with Gasteiger partial charge in [-0.1, -0.05) is 6.07 Å². The zero-order chi connectivity index (χ0) is 15.0. The standard InChI is InChI=1S/C16H14FN3O/c1-10-5-11(2)7-13(6-10)18-16(21)14-9-20-8-12(17)3-4-15(20)19-14/h3-9H,1-2H3,(H,18,21). The molecule has 3 rings (SSSR count). The first-order valence-corrected chi connectivity index (χ1v) is 6.55. The van der Waals surface area contributed by atoms with E-state index in [0.717, 1.165) is 16.8 Å². The van der Waals surface area contributed by atoms with Crippen LogP contribution in [0.4, 0.5) is 10.1 Å². The number of aromatic nitrogens is 2. The van der Waals surface area contributed by atoms with Crippen LogP contribution in [0.1, 0.15) is 21.6 Å². The van der Waals surface area contributed by atoms with E-state index >= 15 is 0 Å². The Balaban J connectivity index is 1.89. The normalized spacial score (nSPS) is 10.8. The van der Waals surface area contributed by atoms with E-state index in [-0.39, 0.29) is 17.4 Å². The predicted octanol–water partition coefficient (Wildman–Crippen LogP) is 3.34. The highest BCUT2D eigenvalue weighted by atomic mass is 19.1. The smallest absolute Gasteiger partial charge is 0.275 e. The highest BCUT2D eigenvalue weighted by Crippen LogP contribution is 2.15. The maximum Gasteiger partial charge on any atom is 0.275 e. The molecule has 0 radical (unpaired) electrons. The summed E-state index contributed by atoms with van der Waals surface area (Å²) in [6.07, 6.45) is 2.80. The Hall–Kier alpha value is -2.69. The summed E-state index contributed by atoms with van der Waals surface area (Å²) < 4.78 is 14.6. The maximum atomic E-state index is 13.1. The number of benzene rings is 1. The van der Waals surface area contributed by atoms with Crippen molar-refractivity contribution < 1.29 is 9.18 Å². The number of nitrogens with one attached hydrogen (secondary N) is 1. The molecule has 0 saturated heterocycles. The molecule has 0 spiro atoms.